The molecule has 0 radical (unpaired) electrons. The summed E-state index contributed by atoms with van der Waals surface area (Å²) >= 11 is 0. The number of carboxylic acid groups (broad SMARTS) is 1. The Kier molecular flexibility index (Phi) is 7.77. The monoisotopic (exact) mass is 382 g/mol. The highest BCUT2D eigenvalue weighted by Crippen LogP contribution is 2.21. The maximum Gasteiger partial charge on any atom is 0.339 e. The minimum atomic E-state index is -1.09. The Morgan fingerprint density at radius 1 is 1.04 bits per heavy atom. The van der Waals surface area contributed by atoms with E-state index in [9.17, 15) is 9.90 Å². The van der Waals surface area contributed by atoms with Gasteiger partial charge in [-0.3, -0.25) is 0 Å². The molecule has 0 bridgehead atoms. The highest BCUT2D eigenvalue weighted by atomic mass is 16.6. The maximum absolute atomic E-state index is 11.5. The summed E-state index contributed by atoms with van der Waals surface area (Å²) < 4.78 is 4.88. The van der Waals surface area contributed by atoms with Crippen molar-refractivity contribution >= 4 is 23.0 Å². The molecule has 0 saturated heterocycles. The molecule has 7 heteroatoms. The summed E-state index contributed by atoms with van der Waals surface area (Å²) in [5.41, 5.74) is 3.10. The molecule has 2 aromatic rings. The predicted octanol–water partition coefficient (Wildman–Crippen LogP) is 3.70. The fourth-order valence-electron chi connectivity index (χ4n) is 2.51. The summed E-state index contributed by atoms with van der Waals surface area (Å²) in [5.74, 6) is -1.09. The van der Waals surface area contributed by atoms with Crippen LogP contribution in [0.3, 0.4) is 0 Å². The molecule has 0 aliphatic carbocycles. The van der Waals surface area contributed by atoms with Gasteiger partial charge in [-0.05, 0) is 12.5 Å². The van der Waals surface area contributed by atoms with Crippen molar-refractivity contribution in [3.05, 3.63) is 77.5 Å². The zero-order valence-electron chi connectivity index (χ0n) is 16.0. The highest BCUT2D eigenvalue weighted by molar-refractivity contribution is 6.47. The molecule has 2 aromatic carbocycles. The van der Waals surface area contributed by atoms with Crippen LogP contribution < -0.4 is 0 Å². The minimum absolute atomic E-state index is 0.0355. The molecular formula is C21H22N2O5. The molecule has 0 unspecified atom stereocenters. The average molecular weight is 382 g/mol. The zero-order valence-corrected chi connectivity index (χ0v) is 16.0. The molecule has 28 heavy (non-hydrogen) atoms. The Labute approximate surface area is 163 Å². The van der Waals surface area contributed by atoms with Crippen molar-refractivity contribution in [3.63, 3.8) is 0 Å². The van der Waals surface area contributed by atoms with Gasteiger partial charge in [0.25, 0.3) is 0 Å². The first-order valence-electron chi connectivity index (χ1n) is 8.46. The lowest BCUT2D eigenvalue weighted by Gasteiger charge is -2.10. The molecular weight excluding hydrogens is 360 g/mol. The fraction of sp³-hybridized carbons (Fsp3) is 0.190. The molecule has 0 aliphatic heterocycles. The molecule has 0 fully saturated rings. The Balaban J connectivity index is 2.21. The lowest BCUT2D eigenvalue weighted by Crippen LogP contribution is -2.13. The van der Waals surface area contributed by atoms with Crippen molar-refractivity contribution in [2.24, 2.45) is 10.3 Å². The van der Waals surface area contributed by atoms with Crippen LogP contribution in [0.4, 0.5) is 0 Å². The molecule has 0 atom stereocenters. The molecule has 0 amide bonds. The van der Waals surface area contributed by atoms with Crippen LogP contribution in [0.15, 0.2) is 71.2 Å². The third-order valence-corrected chi connectivity index (χ3v) is 3.77. The van der Waals surface area contributed by atoms with Crippen molar-refractivity contribution in [2.75, 3.05) is 14.2 Å². The molecule has 0 heterocycles. The Hall–Kier alpha value is -3.61. The molecule has 1 N–H and O–H groups in total. The van der Waals surface area contributed by atoms with Crippen molar-refractivity contribution in [2.45, 2.75) is 13.5 Å². The van der Waals surface area contributed by atoms with Crippen LogP contribution in [-0.2, 0) is 25.8 Å². The second-order valence-corrected chi connectivity index (χ2v) is 5.67. The first-order valence-corrected chi connectivity index (χ1v) is 8.46. The number of hydrogen-bond donors (Lipinski definition) is 1. The molecule has 146 valence electrons. The van der Waals surface area contributed by atoms with E-state index in [-0.39, 0.29) is 12.2 Å². The Bertz CT molecular complexity index is 889. The van der Waals surface area contributed by atoms with E-state index in [0.29, 0.717) is 22.6 Å². The summed E-state index contributed by atoms with van der Waals surface area (Å²) in [6.07, 6.45) is 1.19. The van der Waals surface area contributed by atoms with Gasteiger partial charge in [-0.25, -0.2) is 4.79 Å². The highest BCUT2D eigenvalue weighted by Gasteiger charge is 2.15. The van der Waals surface area contributed by atoms with Gasteiger partial charge in [-0.2, -0.15) is 0 Å². The normalized spacial score (nSPS) is 12.5. The lowest BCUT2D eigenvalue weighted by molar-refractivity contribution is -0.130. The van der Waals surface area contributed by atoms with Gasteiger partial charge in [0.15, 0.2) is 0 Å². The second-order valence-electron chi connectivity index (χ2n) is 5.67. The third kappa shape index (κ3) is 5.44. The van der Waals surface area contributed by atoms with Crippen LogP contribution in [-0.4, -0.2) is 36.7 Å². The Morgan fingerprint density at radius 2 is 1.71 bits per heavy atom. The summed E-state index contributed by atoms with van der Waals surface area (Å²) in [4.78, 5) is 21.9. The lowest BCUT2D eigenvalue weighted by atomic mass is 10.0. The van der Waals surface area contributed by atoms with Gasteiger partial charge in [0.05, 0.1) is 13.4 Å². The van der Waals surface area contributed by atoms with E-state index in [2.05, 4.69) is 10.3 Å². The number of carboxylic acids is 1. The van der Waals surface area contributed by atoms with Crippen LogP contribution in [0.25, 0.3) is 5.57 Å². The first kappa shape index (κ1) is 20.7. The van der Waals surface area contributed by atoms with Crippen LogP contribution in [0, 0.1) is 0 Å². The molecule has 0 spiro atoms. The smallest absolute Gasteiger partial charge is 0.339 e. The van der Waals surface area contributed by atoms with Crippen molar-refractivity contribution in [1.29, 1.82) is 0 Å². The predicted molar refractivity (Wildman–Crippen MR) is 107 cm³/mol. The van der Waals surface area contributed by atoms with Crippen molar-refractivity contribution < 1.29 is 24.3 Å². The van der Waals surface area contributed by atoms with E-state index in [4.69, 9.17) is 14.4 Å². The molecule has 2 rings (SSSR count). The van der Waals surface area contributed by atoms with Crippen LogP contribution in [0.2, 0.25) is 0 Å². The first-order chi connectivity index (χ1) is 13.6. The number of nitrogens with zero attached hydrogens (tertiary/aromatic N) is 2. The van der Waals surface area contributed by atoms with E-state index in [1.165, 1.54) is 20.5 Å². The number of rotatable bonds is 9. The summed E-state index contributed by atoms with van der Waals surface area (Å²) in [6.45, 7) is 1.83. The number of aliphatic carboxylic acids is 1. The quantitative estimate of drug-likeness (QED) is 0.309. The van der Waals surface area contributed by atoms with Gasteiger partial charge < -0.3 is 19.5 Å². The molecule has 7 nitrogen and oxygen atoms in total. The SMILES string of the molecule is COC=C(C(=O)O)c1ccccc1CON=C(C)C(=NOC)c1ccccc1. The van der Waals surface area contributed by atoms with Gasteiger partial charge in [-0.15, -0.1) is 0 Å². The maximum atomic E-state index is 11.5. The number of oxime groups is 2. The van der Waals surface area contributed by atoms with Crippen molar-refractivity contribution in [3.8, 4) is 0 Å². The van der Waals surface area contributed by atoms with E-state index < -0.39 is 5.97 Å². The Morgan fingerprint density at radius 3 is 2.36 bits per heavy atom. The van der Waals surface area contributed by atoms with Gasteiger partial charge in [0.2, 0.25) is 0 Å². The van der Waals surface area contributed by atoms with Crippen LogP contribution >= 0.6 is 0 Å². The topological polar surface area (TPSA) is 89.7 Å². The third-order valence-electron chi connectivity index (χ3n) is 3.77. The minimum Gasteiger partial charge on any atom is -0.503 e. The summed E-state index contributed by atoms with van der Waals surface area (Å²) in [5, 5.41) is 17.5. The van der Waals surface area contributed by atoms with Gasteiger partial charge >= 0.3 is 5.97 Å². The van der Waals surface area contributed by atoms with E-state index in [1.807, 2.05) is 30.3 Å². The van der Waals surface area contributed by atoms with Gasteiger partial charge in [0.1, 0.15) is 30.7 Å². The molecule has 0 aliphatic rings. The van der Waals surface area contributed by atoms with Crippen LogP contribution in [0.1, 0.15) is 23.6 Å². The summed E-state index contributed by atoms with van der Waals surface area (Å²) in [7, 11) is 2.86. The van der Waals surface area contributed by atoms with Gasteiger partial charge in [-0.1, -0.05) is 64.9 Å². The van der Waals surface area contributed by atoms with Crippen LogP contribution in [0.5, 0.6) is 0 Å². The van der Waals surface area contributed by atoms with E-state index in [1.54, 1.807) is 31.2 Å². The number of methoxy groups -OCH3 is 1. The number of hydrogen-bond acceptors (Lipinski definition) is 6. The van der Waals surface area contributed by atoms with Gasteiger partial charge in [0, 0.05) is 11.1 Å². The van der Waals surface area contributed by atoms with E-state index in [0.717, 1.165) is 5.56 Å². The number of ether oxygens (including phenoxy) is 1. The second kappa shape index (κ2) is 10.5. The largest absolute Gasteiger partial charge is 0.503 e. The standard InChI is InChI=1S/C21H22N2O5/c1-15(20(23-27-3)16-9-5-4-6-10-16)22-28-13-17-11-7-8-12-18(17)19(14-26-2)21(24)25/h4-12,14H,13H2,1-3H3,(H,24,25). The zero-order chi connectivity index (χ0) is 20.4. The van der Waals surface area contributed by atoms with Crippen molar-refractivity contribution in [1.82, 2.24) is 0 Å². The molecule has 0 aromatic heterocycles. The fourth-order valence-corrected chi connectivity index (χ4v) is 2.51. The molecule has 0 saturated carbocycles. The summed E-state index contributed by atoms with van der Waals surface area (Å²) in [6, 6.07) is 16.5. The number of benzene rings is 2. The number of carbonyl (C=O) groups is 1. The van der Waals surface area contributed by atoms with E-state index >= 15 is 0 Å². The average Bonchev–Trinajstić information content (AvgIpc) is 2.71.